The summed E-state index contributed by atoms with van der Waals surface area (Å²) in [5, 5.41) is 0. The third-order valence-corrected chi connectivity index (χ3v) is 5.31. The van der Waals surface area contributed by atoms with Crippen LogP contribution in [0.3, 0.4) is 0 Å². The molecule has 0 bridgehead atoms. The van der Waals surface area contributed by atoms with Gasteiger partial charge in [0.25, 0.3) is 0 Å². The van der Waals surface area contributed by atoms with E-state index in [-0.39, 0.29) is 0 Å². The van der Waals surface area contributed by atoms with Crippen LogP contribution in [0.15, 0.2) is 6.07 Å². The van der Waals surface area contributed by atoms with E-state index in [1.807, 2.05) is 6.92 Å². The number of aromatic nitrogens is 1. The van der Waals surface area contributed by atoms with Gasteiger partial charge in [0.15, 0.2) is 0 Å². The Morgan fingerprint density at radius 3 is 2.62 bits per heavy atom. The molecule has 114 valence electrons. The molecule has 2 N–H and O–H groups in total. The standard InChI is InChI=1S/C17H25N3S/c1-11-10-15(16(17(18)21)12(2)19-11)20-9-5-8-14(20)13-6-3-4-7-13/h10,13-14H,3-9H2,1-2H3,(H2,18,21). The molecule has 1 unspecified atom stereocenters. The van der Waals surface area contributed by atoms with Crippen LogP contribution in [-0.4, -0.2) is 22.6 Å². The summed E-state index contributed by atoms with van der Waals surface area (Å²) >= 11 is 5.30. The molecule has 3 rings (SSSR count). The Bertz CT molecular complexity index is 549. The first-order chi connectivity index (χ1) is 10.1. The maximum atomic E-state index is 6.00. The molecule has 2 heterocycles. The van der Waals surface area contributed by atoms with Crippen LogP contribution in [-0.2, 0) is 0 Å². The average molecular weight is 303 g/mol. The van der Waals surface area contributed by atoms with Crippen molar-refractivity contribution in [2.24, 2.45) is 11.7 Å². The molecule has 1 aliphatic carbocycles. The Hall–Kier alpha value is -1.16. The molecule has 0 aromatic carbocycles. The summed E-state index contributed by atoms with van der Waals surface area (Å²) in [5.41, 5.74) is 10.2. The van der Waals surface area contributed by atoms with E-state index in [2.05, 4.69) is 22.9 Å². The number of anilines is 1. The topological polar surface area (TPSA) is 42.1 Å². The van der Waals surface area contributed by atoms with Crippen LogP contribution < -0.4 is 10.6 Å². The van der Waals surface area contributed by atoms with Crippen LogP contribution in [0.2, 0.25) is 0 Å². The third-order valence-electron chi connectivity index (χ3n) is 5.11. The Kier molecular flexibility index (Phi) is 4.16. The summed E-state index contributed by atoms with van der Waals surface area (Å²) in [6, 6.07) is 2.84. The van der Waals surface area contributed by atoms with Gasteiger partial charge in [-0.05, 0) is 51.5 Å². The fourth-order valence-corrected chi connectivity index (χ4v) is 4.52. The second kappa shape index (κ2) is 5.91. The van der Waals surface area contributed by atoms with Gasteiger partial charge in [-0.3, -0.25) is 4.98 Å². The molecule has 3 nitrogen and oxygen atoms in total. The molecular formula is C17H25N3S. The highest BCUT2D eigenvalue weighted by Crippen LogP contribution is 2.39. The van der Waals surface area contributed by atoms with Crippen molar-refractivity contribution in [1.82, 2.24) is 4.98 Å². The zero-order valence-corrected chi connectivity index (χ0v) is 13.9. The molecule has 0 radical (unpaired) electrons. The van der Waals surface area contributed by atoms with Crippen molar-refractivity contribution >= 4 is 22.9 Å². The minimum Gasteiger partial charge on any atom is -0.389 e. The highest BCUT2D eigenvalue weighted by molar-refractivity contribution is 7.80. The summed E-state index contributed by atoms with van der Waals surface area (Å²) in [6.45, 7) is 5.20. The maximum absolute atomic E-state index is 6.00. The van der Waals surface area contributed by atoms with Crippen molar-refractivity contribution in [2.75, 3.05) is 11.4 Å². The lowest BCUT2D eigenvalue weighted by atomic mass is 9.95. The van der Waals surface area contributed by atoms with Crippen LogP contribution in [0.1, 0.15) is 55.5 Å². The smallest absolute Gasteiger partial charge is 0.107 e. The van der Waals surface area contributed by atoms with Crippen LogP contribution in [0.4, 0.5) is 5.69 Å². The number of hydrogen-bond donors (Lipinski definition) is 1. The van der Waals surface area contributed by atoms with Crippen molar-refractivity contribution in [3.8, 4) is 0 Å². The lowest BCUT2D eigenvalue weighted by Crippen LogP contribution is -2.36. The molecule has 0 amide bonds. The van der Waals surface area contributed by atoms with Crippen molar-refractivity contribution in [3.63, 3.8) is 0 Å². The van der Waals surface area contributed by atoms with Gasteiger partial charge in [-0.2, -0.15) is 0 Å². The Balaban J connectivity index is 2.00. The van der Waals surface area contributed by atoms with E-state index in [1.54, 1.807) is 0 Å². The van der Waals surface area contributed by atoms with E-state index < -0.39 is 0 Å². The minimum atomic E-state index is 0.479. The van der Waals surface area contributed by atoms with E-state index in [0.29, 0.717) is 11.0 Å². The number of hydrogen-bond acceptors (Lipinski definition) is 3. The summed E-state index contributed by atoms with van der Waals surface area (Å²) in [5.74, 6) is 0.848. The molecule has 1 atom stereocenters. The van der Waals surface area contributed by atoms with Gasteiger partial charge in [-0.1, -0.05) is 25.1 Å². The van der Waals surface area contributed by atoms with Gasteiger partial charge in [-0.25, -0.2) is 0 Å². The molecule has 1 saturated carbocycles. The second-order valence-electron chi connectivity index (χ2n) is 6.55. The van der Waals surface area contributed by atoms with Gasteiger partial charge in [0.05, 0.1) is 11.3 Å². The normalized spacial score (nSPS) is 23.0. The Morgan fingerprint density at radius 2 is 1.95 bits per heavy atom. The second-order valence-corrected chi connectivity index (χ2v) is 6.99. The predicted octanol–water partition coefficient (Wildman–Crippen LogP) is 3.49. The number of pyridine rings is 1. The number of rotatable bonds is 3. The number of nitrogens with two attached hydrogens (primary N) is 1. The van der Waals surface area contributed by atoms with Gasteiger partial charge in [-0.15, -0.1) is 0 Å². The van der Waals surface area contributed by atoms with Crippen molar-refractivity contribution in [3.05, 3.63) is 23.0 Å². The number of aryl methyl sites for hydroxylation is 2. The molecular weight excluding hydrogens is 278 g/mol. The van der Waals surface area contributed by atoms with Crippen LogP contribution in [0.25, 0.3) is 0 Å². The van der Waals surface area contributed by atoms with Crippen LogP contribution in [0, 0.1) is 19.8 Å². The zero-order valence-electron chi connectivity index (χ0n) is 13.1. The summed E-state index contributed by atoms with van der Waals surface area (Å²) in [7, 11) is 0. The summed E-state index contributed by atoms with van der Waals surface area (Å²) in [4.78, 5) is 7.61. The summed E-state index contributed by atoms with van der Waals surface area (Å²) in [6.07, 6.45) is 8.14. The first kappa shape index (κ1) is 14.8. The summed E-state index contributed by atoms with van der Waals surface area (Å²) < 4.78 is 0. The fraction of sp³-hybridized carbons (Fsp3) is 0.647. The van der Waals surface area contributed by atoms with E-state index >= 15 is 0 Å². The predicted molar refractivity (Wildman–Crippen MR) is 91.9 cm³/mol. The van der Waals surface area contributed by atoms with Crippen molar-refractivity contribution < 1.29 is 0 Å². The van der Waals surface area contributed by atoms with Gasteiger partial charge < -0.3 is 10.6 Å². The fourth-order valence-electron chi connectivity index (χ4n) is 4.26. The first-order valence-electron chi connectivity index (χ1n) is 8.12. The third kappa shape index (κ3) is 2.78. The van der Waals surface area contributed by atoms with Crippen LogP contribution in [0.5, 0.6) is 0 Å². The lowest BCUT2D eigenvalue weighted by Gasteiger charge is -2.33. The van der Waals surface area contributed by atoms with E-state index in [0.717, 1.165) is 29.4 Å². The molecule has 1 saturated heterocycles. The largest absolute Gasteiger partial charge is 0.389 e. The highest BCUT2D eigenvalue weighted by atomic mass is 32.1. The first-order valence-corrected chi connectivity index (χ1v) is 8.53. The Morgan fingerprint density at radius 1 is 1.24 bits per heavy atom. The SMILES string of the molecule is Cc1cc(N2CCCC2C2CCCC2)c(C(N)=S)c(C)n1. The maximum Gasteiger partial charge on any atom is 0.107 e. The van der Waals surface area contributed by atoms with Crippen molar-refractivity contribution in [2.45, 2.75) is 58.4 Å². The number of thiocarbonyl (C=S) groups is 1. The molecule has 4 heteroatoms. The molecule has 2 fully saturated rings. The van der Waals surface area contributed by atoms with Gasteiger partial charge >= 0.3 is 0 Å². The monoisotopic (exact) mass is 303 g/mol. The molecule has 1 aromatic heterocycles. The molecule has 0 spiro atoms. The minimum absolute atomic E-state index is 0.479. The Labute approximate surface area is 132 Å². The van der Waals surface area contributed by atoms with E-state index in [9.17, 15) is 0 Å². The lowest BCUT2D eigenvalue weighted by molar-refractivity contribution is 0.430. The average Bonchev–Trinajstić information content (AvgIpc) is 3.08. The van der Waals surface area contributed by atoms with E-state index in [1.165, 1.54) is 44.2 Å². The number of nitrogens with zero attached hydrogens (tertiary/aromatic N) is 2. The van der Waals surface area contributed by atoms with E-state index in [4.69, 9.17) is 18.0 Å². The van der Waals surface area contributed by atoms with Crippen LogP contribution >= 0.6 is 12.2 Å². The molecule has 1 aliphatic heterocycles. The molecule has 2 aliphatic rings. The zero-order chi connectivity index (χ0) is 15.0. The van der Waals surface area contributed by atoms with Gasteiger partial charge in [0.1, 0.15) is 4.99 Å². The molecule has 21 heavy (non-hydrogen) atoms. The highest BCUT2D eigenvalue weighted by Gasteiger charge is 2.34. The quantitative estimate of drug-likeness (QED) is 0.868. The van der Waals surface area contributed by atoms with Gasteiger partial charge in [0, 0.05) is 24.0 Å². The molecule has 1 aromatic rings. The van der Waals surface area contributed by atoms with Gasteiger partial charge in [0.2, 0.25) is 0 Å². The van der Waals surface area contributed by atoms with Crippen molar-refractivity contribution in [1.29, 1.82) is 0 Å².